The van der Waals surface area contributed by atoms with Crippen molar-refractivity contribution in [1.29, 1.82) is 0 Å². The van der Waals surface area contributed by atoms with E-state index in [1.165, 1.54) is 5.56 Å². The summed E-state index contributed by atoms with van der Waals surface area (Å²) in [7, 11) is 0. The lowest BCUT2D eigenvalue weighted by Crippen LogP contribution is -2.01. The van der Waals surface area contributed by atoms with E-state index < -0.39 is 0 Å². The third-order valence-electron chi connectivity index (χ3n) is 8.90. The molecule has 0 aliphatic heterocycles. The lowest BCUT2D eigenvalue weighted by atomic mass is 9.94. The Morgan fingerprint density at radius 2 is 0.784 bits per heavy atom. The zero-order valence-corrected chi connectivity index (χ0v) is 28.0. The molecule has 8 rings (SSSR count). The smallest absolute Gasteiger partial charge is 0.165 e. The van der Waals surface area contributed by atoms with Crippen LogP contribution in [0.3, 0.4) is 0 Å². The maximum absolute atomic E-state index is 5.23. The SMILES string of the molecule is C=CCc1cccc(-c2cc(-c3ccccc3)cc(-c3nc(-c4cccnc4)nc(-c4cc(-c5ccccc5)cc(-c5ccccc5)c4)n3)c2)c1. The summed E-state index contributed by atoms with van der Waals surface area (Å²) in [5, 5.41) is 0. The summed E-state index contributed by atoms with van der Waals surface area (Å²) in [4.78, 5) is 19.8. The molecule has 0 fully saturated rings. The molecule has 0 saturated carbocycles. The van der Waals surface area contributed by atoms with Crippen molar-refractivity contribution in [3.8, 4) is 78.7 Å². The average Bonchev–Trinajstić information content (AvgIpc) is 3.22. The molecule has 4 nitrogen and oxygen atoms in total. The van der Waals surface area contributed by atoms with Gasteiger partial charge in [0.25, 0.3) is 0 Å². The zero-order valence-electron chi connectivity index (χ0n) is 28.0. The number of rotatable bonds is 9. The fourth-order valence-electron chi connectivity index (χ4n) is 6.37. The van der Waals surface area contributed by atoms with Crippen LogP contribution in [0, 0.1) is 0 Å². The number of hydrogen-bond acceptors (Lipinski definition) is 4. The molecule has 0 N–H and O–H groups in total. The molecule has 0 unspecified atom stereocenters. The summed E-state index contributed by atoms with van der Waals surface area (Å²) in [5.74, 6) is 1.74. The standard InChI is InChI=1S/C47H34N4/c1-2-14-33-15-12-22-37(25-33)42-27-41(36-20-10-5-11-21-36)30-44(31-42)47-50-45(38-23-13-24-48-32-38)49-46(51-47)43-28-39(34-16-6-3-7-17-34)26-40(29-43)35-18-8-4-9-19-35/h2-13,15-32H,1,14H2. The Hall–Kier alpha value is -6.78. The zero-order chi connectivity index (χ0) is 34.4. The predicted octanol–water partition coefficient (Wildman–Crippen LogP) is 11.7. The second kappa shape index (κ2) is 14.4. The van der Waals surface area contributed by atoms with Gasteiger partial charge < -0.3 is 0 Å². The van der Waals surface area contributed by atoms with Gasteiger partial charge >= 0.3 is 0 Å². The molecule has 0 spiro atoms. The summed E-state index contributed by atoms with van der Waals surface area (Å²) >= 11 is 0. The molecule has 0 saturated heterocycles. The number of benzene rings is 6. The highest BCUT2D eigenvalue weighted by molar-refractivity contribution is 5.82. The van der Waals surface area contributed by atoms with E-state index in [-0.39, 0.29) is 0 Å². The van der Waals surface area contributed by atoms with Crippen molar-refractivity contribution in [2.45, 2.75) is 6.42 Å². The van der Waals surface area contributed by atoms with E-state index in [0.29, 0.717) is 17.5 Å². The highest BCUT2D eigenvalue weighted by Gasteiger charge is 2.17. The Labute approximate surface area is 298 Å². The molecule has 0 radical (unpaired) electrons. The molecular formula is C47H34N4. The molecule has 6 aromatic carbocycles. The third kappa shape index (κ3) is 7.03. The van der Waals surface area contributed by atoms with Crippen LogP contribution in [0.25, 0.3) is 78.7 Å². The Bertz CT molecular complexity index is 2380. The van der Waals surface area contributed by atoms with Crippen LogP contribution in [0.2, 0.25) is 0 Å². The van der Waals surface area contributed by atoms with Crippen LogP contribution in [0.1, 0.15) is 5.56 Å². The average molecular weight is 655 g/mol. The minimum atomic E-state index is 0.564. The number of pyridine rings is 1. The van der Waals surface area contributed by atoms with Crippen molar-refractivity contribution < 1.29 is 0 Å². The van der Waals surface area contributed by atoms with Crippen molar-refractivity contribution in [3.63, 3.8) is 0 Å². The Morgan fingerprint density at radius 3 is 1.24 bits per heavy atom. The van der Waals surface area contributed by atoms with E-state index in [2.05, 4.69) is 145 Å². The molecule has 2 aromatic heterocycles. The molecule has 242 valence electrons. The van der Waals surface area contributed by atoms with Crippen molar-refractivity contribution in [2.75, 3.05) is 0 Å². The molecule has 51 heavy (non-hydrogen) atoms. The summed E-state index contributed by atoms with van der Waals surface area (Å²) in [6.07, 6.45) is 6.30. The number of aromatic nitrogens is 4. The number of allylic oxidation sites excluding steroid dienone is 1. The monoisotopic (exact) mass is 654 g/mol. The highest BCUT2D eigenvalue weighted by atomic mass is 15.0. The molecule has 0 atom stereocenters. The van der Waals surface area contributed by atoms with E-state index in [1.54, 1.807) is 12.4 Å². The maximum atomic E-state index is 5.23. The first kappa shape index (κ1) is 31.5. The fourth-order valence-corrected chi connectivity index (χ4v) is 6.37. The maximum Gasteiger partial charge on any atom is 0.165 e. The van der Waals surface area contributed by atoms with Crippen molar-refractivity contribution >= 4 is 0 Å². The van der Waals surface area contributed by atoms with Gasteiger partial charge in [0.2, 0.25) is 0 Å². The molecule has 0 aliphatic rings. The number of nitrogens with zero attached hydrogens (tertiary/aromatic N) is 4. The molecule has 0 bridgehead atoms. The fraction of sp³-hybridized carbons (Fsp3) is 0.0213. The van der Waals surface area contributed by atoms with Crippen LogP contribution in [0.4, 0.5) is 0 Å². The Kier molecular flexibility index (Phi) is 8.87. The summed E-state index contributed by atoms with van der Waals surface area (Å²) < 4.78 is 0. The Balaban J connectivity index is 1.36. The van der Waals surface area contributed by atoms with Gasteiger partial charge in [-0.15, -0.1) is 6.58 Å². The van der Waals surface area contributed by atoms with Crippen molar-refractivity contribution in [3.05, 3.63) is 194 Å². The molecule has 4 heteroatoms. The molecule has 8 aromatic rings. The van der Waals surface area contributed by atoms with Crippen LogP contribution in [0.15, 0.2) is 189 Å². The second-order valence-corrected chi connectivity index (χ2v) is 12.4. The van der Waals surface area contributed by atoms with Crippen LogP contribution < -0.4 is 0 Å². The van der Waals surface area contributed by atoms with Gasteiger partial charge in [0, 0.05) is 29.1 Å². The quantitative estimate of drug-likeness (QED) is 0.145. The van der Waals surface area contributed by atoms with Gasteiger partial charge in [0.05, 0.1) is 0 Å². The lowest BCUT2D eigenvalue weighted by molar-refractivity contribution is 1.07. The van der Waals surface area contributed by atoms with E-state index in [1.807, 2.05) is 36.4 Å². The topological polar surface area (TPSA) is 51.6 Å². The van der Waals surface area contributed by atoms with Gasteiger partial charge in [-0.25, -0.2) is 15.0 Å². The van der Waals surface area contributed by atoms with Gasteiger partial charge in [0.15, 0.2) is 17.5 Å². The molecular weight excluding hydrogens is 621 g/mol. The van der Waals surface area contributed by atoms with Crippen LogP contribution in [-0.4, -0.2) is 19.9 Å². The first-order valence-corrected chi connectivity index (χ1v) is 17.0. The Morgan fingerprint density at radius 1 is 0.373 bits per heavy atom. The van der Waals surface area contributed by atoms with E-state index in [9.17, 15) is 0 Å². The summed E-state index contributed by atoms with van der Waals surface area (Å²) in [5.41, 5.74) is 12.7. The first-order valence-electron chi connectivity index (χ1n) is 17.0. The van der Waals surface area contributed by atoms with E-state index in [0.717, 1.165) is 67.6 Å². The molecule has 2 heterocycles. The second-order valence-electron chi connectivity index (χ2n) is 12.4. The van der Waals surface area contributed by atoms with Crippen LogP contribution in [-0.2, 0) is 6.42 Å². The van der Waals surface area contributed by atoms with Gasteiger partial charge in [0.1, 0.15) is 0 Å². The minimum Gasteiger partial charge on any atom is -0.264 e. The largest absolute Gasteiger partial charge is 0.264 e. The van der Waals surface area contributed by atoms with E-state index in [4.69, 9.17) is 15.0 Å². The number of hydrogen-bond donors (Lipinski definition) is 0. The van der Waals surface area contributed by atoms with Gasteiger partial charge in [-0.1, -0.05) is 121 Å². The predicted molar refractivity (Wildman–Crippen MR) is 210 cm³/mol. The first-order chi connectivity index (χ1) is 25.2. The van der Waals surface area contributed by atoms with Crippen molar-refractivity contribution in [2.24, 2.45) is 0 Å². The summed E-state index contributed by atoms with van der Waals surface area (Å²) in [6, 6.07) is 57.0. The van der Waals surface area contributed by atoms with Crippen molar-refractivity contribution in [1.82, 2.24) is 19.9 Å². The van der Waals surface area contributed by atoms with Gasteiger partial charge in [-0.2, -0.15) is 0 Å². The van der Waals surface area contributed by atoms with Gasteiger partial charge in [-0.05, 0) is 105 Å². The van der Waals surface area contributed by atoms with E-state index >= 15 is 0 Å². The lowest BCUT2D eigenvalue weighted by Gasteiger charge is -2.14. The molecule has 0 aliphatic carbocycles. The van der Waals surface area contributed by atoms with Crippen LogP contribution >= 0.6 is 0 Å². The molecule has 0 amide bonds. The normalized spacial score (nSPS) is 10.9. The summed E-state index contributed by atoms with van der Waals surface area (Å²) in [6.45, 7) is 3.95. The highest BCUT2D eigenvalue weighted by Crippen LogP contribution is 2.36. The third-order valence-corrected chi connectivity index (χ3v) is 8.90. The van der Waals surface area contributed by atoms with Crippen LogP contribution in [0.5, 0.6) is 0 Å². The minimum absolute atomic E-state index is 0.564. The van der Waals surface area contributed by atoms with Gasteiger partial charge in [-0.3, -0.25) is 4.98 Å².